The second-order valence-corrected chi connectivity index (χ2v) is 4.79. The highest BCUT2D eigenvalue weighted by Gasteiger charge is 2.21. The summed E-state index contributed by atoms with van der Waals surface area (Å²) in [4.78, 5) is 15.0. The molecule has 2 rings (SSSR count). The molecule has 0 bridgehead atoms. The Morgan fingerprint density at radius 1 is 1.39 bits per heavy atom. The molecule has 1 heterocycles. The Morgan fingerprint density at radius 3 is 2.83 bits per heavy atom. The van der Waals surface area contributed by atoms with Crippen LogP contribution in [-0.2, 0) is 11.2 Å². The number of carbonyl (C=O) groups excluding carboxylic acids is 1. The first kappa shape index (κ1) is 12.8. The first-order valence-electron chi connectivity index (χ1n) is 6.40. The van der Waals surface area contributed by atoms with Gasteiger partial charge in [0.05, 0.1) is 0 Å². The van der Waals surface area contributed by atoms with Gasteiger partial charge in [0.15, 0.2) is 5.78 Å². The molecule has 3 nitrogen and oxygen atoms in total. The van der Waals surface area contributed by atoms with Gasteiger partial charge in [0, 0.05) is 29.4 Å². The molecule has 2 atom stereocenters. The van der Waals surface area contributed by atoms with Gasteiger partial charge >= 0.3 is 0 Å². The van der Waals surface area contributed by atoms with Crippen LogP contribution in [0.1, 0.15) is 25.8 Å². The summed E-state index contributed by atoms with van der Waals surface area (Å²) in [5.74, 6) is -0.145. The van der Waals surface area contributed by atoms with E-state index in [1.165, 1.54) is 0 Å². The summed E-state index contributed by atoms with van der Waals surface area (Å²) < 4.78 is 0. The van der Waals surface area contributed by atoms with Gasteiger partial charge in [0.2, 0.25) is 0 Å². The SMILES string of the molecule is CC[C@H](C)C(=O)[C@@H](O)Cc1c[nH]c2ccccc12. The Kier molecular flexibility index (Phi) is 3.82. The number of rotatable bonds is 5. The fourth-order valence-corrected chi connectivity index (χ4v) is 2.14. The predicted molar refractivity (Wildman–Crippen MR) is 72.5 cm³/mol. The average molecular weight is 245 g/mol. The maximum absolute atomic E-state index is 11.9. The van der Waals surface area contributed by atoms with E-state index in [4.69, 9.17) is 0 Å². The fourth-order valence-electron chi connectivity index (χ4n) is 2.14. The van der Waals surface area contributed by atoms with Crippen molar-refractivity contribution >= 4 is 16.7 Å². The molecule has 0 fully saturated rings. The van der Waals surface area contributed by atoms with Crippen molar-refractivity contribution in [2.75, 3.05) is 0 Å². The zero-order chi connectivity index (χ0) is 13.1. The van der Waals surface area contributed by atoms with Crippen molar-refractivity contribution in [2.24, 2.45) is 5.92 Å². The Morgan fingerprint density at radius 2 is 2.11 bits per heavy atom. The van der Waals surface area contributed by atoms with E-state index < -0.39 is 6.10 Å². The maximum Gasteiger partial charge on any atom is 0.164 e. The predicted octanol–water partition coefficient (Wildman–Crippen LogP) is 2.69. The number of aliphatic hydroxyl groups is 1. The summed E-state index contributed by atoms with van der Waals surface area (Å²) in [5, 5.41) is 11.1. The highest BCUT2D eigenvalue weighted by Crippen LogP contribution is 2.20. The summed E-state index contributed by atoms with van der Waals surface area (Å²) in [6, 6.07) is 7.91. The lowest BCUT2D eigenvalue weighted by Crippen LogP contribution is -2.28. The van der Waals surface area contributed by atoms with Gasteiger partial charge in [-0.15, -0.1) is 0 Å². The Bertz CT molecular complexity index is 544. The van der Waals surface area contributed by atoms with Crippen LogP contribution >= 0.6 is 0 Å². The van der Waals surface area contributed by atoms with Crippen LogP contribution in [0, 0.1) is 5.92 Å². The fraction of sp³-hybridized carbons (Fsp3) is 0.400. The third-order valence-corrected chi connectivity index (χ3v) is 3.51. The number of fused-ring (bicyclic) bond motifs is 1. The van der Waals surface area contributed by atoms with E-state index in [-0.39, 0.29) is 11.7 Å². The molecule has 18 heavy (non-hydrogen) atoms. The van der Waals surface area contributed by atoms with Crippen LogP contribution in [0.15, 0.2) is 30.5 Å². The van der Waals surface area contributed by atoms with Gasteiger partial charge in [-0.3, -0.25) is 4.79 Å². The molecule has 0 aliphatic heterocycles. The van der Waals surface area contributed by atoms with Gasteiger partial charge in [-0.2, -0.15) is 0 Å². The number of nitrogens with one attached hydrogen (secondary N) is 1. The molecule has 1 aromatic heterocycles. The van der Waals surface area contributed by atoms with Gasteiger partial charge in [-0.05, 0) is 18.1 Å². The highest BCUT2D eigenvalue weighted by molar-refractivity contribution is 5.87. The van der Waals surface area contributed by atoms with Crippen molar-refractivity contribution in [1.29, 1.82) is 0 Å². The molecule has 1 aromatic carbocycles. The number of H-pyrrole nitrogens is 1. The number of Topliss-reactive ketones (excluding diaryl/α,β-unsaturated/α-hetero) is 1. The van der Waals surface area contributed by atoms with Gasteiger partial charge in [-0.25, -0.2) is 0 Å². The second kappa shape index (κ2) is 5.36. The van der Waals surface area contributed by atoms with Crippen molar-refractivity contribution in [2.45, 2.75) is 32.8 Å². The number of hydrogen-bond acceptors (Lipinski definition) is 2. The van der Waals surface area contributed by atoms with E-state index in [9.17, 15) is 9.90 Å². The van der Waals surface area contributed by atoms with Gasteiger partial charge in [0.1, 0.15) is 6.10 Å². The maximum atomic E-state index is 11.9. The van der Waals surface area contributed by atoms with Crippen molar-refractivity contribution in [1.82, 2.24) is 4.98 Å². The van der Waals surface area contributed by atoms with Crippen LogP contribution in [0.5, 0.6) is 0 Å². The highest BCUT2D eigenvalue weighted by atomic mass is 16.3. The number of aliphatic hydroxyl groups excluding tert-OH is 1. The molecule has 0 aliphatic carbocycles. The van der Waals surface area contributed by atoms with Gasteiger partial charge in [-0.1, -0.05) is 32.0 Å². The van der Waals surface area contributed by atoms with E-state index >= 15 is 0 Å². The van der Waals surface area contributed by atoms with Crippen LogP contribution in [-0.4, -0.2) is 22.0 Å². The lowest BCUT2D eigenvalue weighted by atomic mass is 9.95. The number of aromatic nitrogens is 1. The van der Waals surface area contributed by atoms with E-state index in [1.807, 2.05) is 44.3 Å². The summed E-state index contributed by atoms with van der Waals surface area (Å²) in [7, 11) is 0. The molecule has 0 aliphatic rings. The minimum absolute atomic E-state index is 0.0669. The number of aromatic amines is 1. The van der Waals surface area contributed by atoms with Crippen molar-refractivity contribution in [3.8, 4) is 0 Å². The number of para-hydroxylation sites is 1. The van der Waals surface area contributed by atoms with Crippen molar-refractivity contribution in [3.05, 3.63) is 36.0 Å². The minimum atomic E-state index is -0.904. The molecule has 0 unspecified atom stereocenters. The van der Waals surface area contributed by atoms with Crippen LogP contribution in [0.3, 0.4) is 0 Å². The van der Waals surface area contributed by atoms with E-state index in [0.29, 0.717) is 6.42 Å². The van der Waals surface area contributed by atoms with Crippen LogP contribution in [0.2, 0.25) is 0 Å². The van der Waals surface area contributed by atoms with Crippen molar-refractivity contribution < 1.29 is 9.90 Å². The molecule has 0 saturated carbocycles. The molecule has 2 N–H and O–H groups in total. The smallest absolute Gasteiger partial charge is 0.164 e. The molecular formula is C15H19NO2. The van der Waals surface area contributed by atoms with Crippen LogP contribution in [0.25, 0.3) is 10.9 Å². The average Bonchev–Trinajstić information content (AvgIpc) is 2.80. The summed E-state index contributed by atoms with van der Waals surface area (Å²) in [6.45, 7) is 3.82. The zero-order valence-corrected chi connectivity index (χ0v) is 10.8. The quantitative estimate of drug-likeness (QED) is 0.851. The topological polar surface area (TPSA) is 53.1 Å². The lowest BCUT2D eigenvalue weighted by Gasteiger charge is -2.13. The third-order valence-electron chi connectivity index (χ3n) is 3.51. The summed E-state index contributed by atoms with van der Waals surface area (Å²) in [5.41, 5.74) is 2.03. The van der Waals surface area contributed by atoms with E-state index in [2.05, 4.69) is 4.98 Å². The van der Waals surface area contributed by atoms with E-state index in [0.717, 1.165) is 22.9 Å². The van der Waals surface area contributed by atoms with Crippen LogP contribution < -0.4 is 0 Å². The Hall–Kier alpha value is -1.61. The molecule has 0 radical (unpaired) electrons. The first-order chi connectivity index (χ1) is 8.63. The largest absolute Gasteiger partial charge is 0.385 e. The summed E-state index contributed by atoms with van der Waals surface area (Å²) >= 11 is 0. The molecule has 3 heteroatoms. The lowest BCUT2D eigenvalue weighted by molar-refractivity contribution is -0.130. The number of carbonyl (C=O) groups is 1. The molecule has 0 amide bonds. The zero-order valence-electron chi connectivity index (χ0n) is 10.8. The standard InChI is InChI=1S/C15H19NO2/c1-3-10(2)15(18)14(17)8-11-9-16-13-7-5-4-6-12(11)13/h4-7,9-10,14,16-17H,3,8H2,1-2H3/t10-,14-/m0/s1. The minimum Gasteiger partial charge on any atom is -0.385 e. The Balaban J connectivity index is 2.16. The Labute approximate surface area is 107 Å². The normalized spacial score (nSPS) is 14.6. The van der Waals surface area contributed by atoms with Crippen molar-refractivity contribution in [3.63, 3.8) is 0 Å². The van der Waals surface area contributed by atoms with Gasteiger partial charge in [0.25, 0.3) is 0 Å². The molecule has 96 valence electrons. The third kappa shape index (κ3) is 2.46. The number of hydrogen-bond donors (Lipinski definition) is 2. The monoisotopic (exact) mass is 245 g/mol. The molecular weight excluding hydrogens is 226 g/mol. The van der Waals surface area contributed by atoms with E-state index in [1.54, 1.807) is 0 Å². The second-order valence-electron chi connectivity index (χ2n) is 4.79. The first-order valence-corrected chi connectivity index (χ1v) is 6.40. The summed E-state index contributed by atoms with van der Waals surface area (Å²) in [6.07, 6.45) is 2.12. The molecule has 0 spiro atoms. The van der Waals surface area contributed by atoms with Gasteiger partial charge < -0.3 is 10.1 Å². The number of ketones is 1. The van der Waals surface area contributed by atoms with Crippen LogP contribution in [0.4, 0.5) is 0 Å². The number of benzene rings is 1. The molecule has 2 aromatic rings. The molecule has 0 saturated heterocycles.